The second-order valence-corrected chi connectivity index (χ2v) is 12.0. The molecule has 0 spiro atoms. The molecule has 4 rings (SSSR count). The fourth-order valence-corrected chi connectivity index (χ4v) is 6.02. The van der Waals surface area contributed by atoms with Crippen molar-refractivity contribution in [2.75, 3.05) is 0 Å². The Labute approximate surface area is 180 Å². The summed E-state index contributed by atoms with van der Waals surface area (Å²) < 4.78 is 12.1. The fraction of sp³-hybridized carbons (Fsp3) is 0.692. The predicted octanol–water partition coefficient (Wildman–Crippen LogP) is 5.29. The Morgan fingerprint density at radius 1 is 0.833 bits per heavy atom. The van der Waals surface area contributed by atoms with Gasteiger partial charge >= 0.3 is 11.9 Å². The minimum atomic E-state index is -0.332. The molecule has 0 amide bonds. The van der Waals surface area contributed by atoms with Gasteiger partial charge in [0, 0.05) is 11.8 Å². The summed E-state index contributed by atoms with van der Waals surface area (Å²) in [6.45, 7) is 12.2. The normalized spacial score (nSPS) is 31.9. The van der Waals surface area contributed by atoms with Gasteiger partial charge < -0.3 is 9.47 Å². The van der Waals surface area contributed by atoms with E-state index in [9.17, 15) is 9.59 Å². The van der Waals surface area contributed by atoms with Crippen LogP contribution in [0.4, 0.5) is 0 Å². The Morgan fingerprint density at radius 2 is 1.37 bits per heavy atom. The van der Waals surface area contributed by atoms with E-state index < -0.39 is 0 Å². The molecule has 4 heteroatoms. The van der Waals surface area contributed by atoms with Gasteiger partial charge in [-0.25, -0.2) is 0 Å². The Hall–Kier alpha value is -1.84. The van der Waals surface area contributed by atoms with E-state index in [1.165, 1.54) is 11.1 Å². The smallest absolute Gasteiger partial charge is 0.306 e. The molecule has 0 saturated heterocycles. The minimum absolute atomic E-state index is 0.126. The highest BCUT2D eigenvalue weighted by molar-refractivity contribution is 5.72. The van der Waals surface area contributed by atoms with E-state index in [0.717, 1.165) is 12.8 Å². The summed E-state index contributed by atoms with van der Waals surface area (Å²) >= 11 is 0. The van der Waals surface area contributed by atoms with Crippen LogP contribution in [-0.4, -0.2) is 24.1 Å². The summed E-state index contributed by atoms with van der Waals surface area (Å²) in [4.78, 5) is 25.4. The van der Waals surface area contributed by atoms with Crippen LogP contribution in [0, 0.1) is 28.6 Å². The summed E-state index contributed by atoms with van der Waals surface area (Å²) in [5.74, 6) is 1.04. The third-order valence-electron chi connectivity index (χ3n) is 6.94. The first kappa shape index (κ1) is 21.4. The SMILES string of the molecule is CC(C)(C)CC(=O)OC1C2CC(C1OC(=O)CC(C)(C)C)C1c3ccccc3CC21. The molecule has 30 heavy (non-hydrogen) atoms. The van der Waals surface area contributed by atoms with Crippen LogP contribution in [-0.2, 0) is 25.5 Å². The van der Waals surface area contributed by atoms with E-state index in [4.69, 9.17) is 9.47 Å². The zero-order valence-corrected chi connectivity index (χ0v) is 19.2. The second-order valence-electron chi connectivity index (χ2n) is 12.0. The Morgan fingerprint density at radius 3 is 1.93 bits per heavy atom. The van der Waals surface area contributed by atoms with Gasteiger partial charge in [-0.1, -0.05) is 65.8 Å². The molecule has 4 nitrogen and oxygen atoms in total. The average molecular weight is 413 g/mol. The van der Waals surface area contributed by atoms with E-state index in [-0.39, 0.29) is 46.8 Å². The van der Waals surface area contributed by atoms with Gasteiger partial charge in [0.25, 0.3) is 0 Å². The highest BCUT2D eigenvalue weighted by atomic mass is 16.6. The van der Waals surface area contributed by atoms with Gasteiger partial charge in [0.05, 0.1) is 12.8 Å². The molecule has 0 aliphatic heterocycles. The lowest BCUT2D eigenvalue weighted by Crippen LogP contribution is -2.45. The first-order chi connectivity index (χ1) is 13.9. The minimum Gasteiger partial charge on any atom is -0.458 e. The van der Waals surface area contributed by atoms with Crippen molar-refractivity contribution in [2.45, 2.75) is 85.4 Å². The molecule has 0 radical (unpaired) electrons. The van der Waals surface area contributed by atoms with Crippen LogP contribution in [0.1, 0.15) is 77.8 Å². The molecule has 6 atom stereocenters. The number of fused-ring (bicyclic) bond motifs is 7. The van der Waals surface area contributed by atoms with Crippen molar-refractivity contribution in [3.05, 3.63) is 35.4 Å². The van der Waals surface area contributed by atoms with E-state index in [0.29, 0.717) is 24.7 Å². The monoisotopic (exact) mass is 412 g/mol. The Kier molecular flexibility index (Phi) is 5.27. The molecule has 0 aromatic heterocycles. The van der Waals surface area contributed by atoms with Crippen molar-refractivity contribution in [1.82, 2.24) is 0 Å². The number of hydrogen-bond acceptors (Lipinski definition) is 4. The summed E-state index contributed by atoms with van der Waals surface area (Å²) in [6, 6.07) is 8.65. The van der Waals surface area contributed by atoms with Crippen LogP contribution >= 0.6 is 0 Å². The van der Waals surface area contributed by atoms with Crippen molar-refractivity contribution in [3.8, 4) is 0 Å². The summed E-state index contributed by atoms with van der Waals surface area (Å²) in [7, 11) is 0. The van der Waals surface area contributed by atoms with E-state index in [1.54, 1.807) is 0 Å². The molecule has 1 aromatic rings. The first-order valence-corrected chi connectivity index (χ1v) is 11.4. The van der Waals surface area contributed by atoms with Crippen LogP contribution in [0.25, 0.3) is 0 Å². The third kappa shape index (κ3) is 4.15. The third-order valence-corrected chi connectivity index (χ3v) is 6.94. The maximum atomic E-state index is 12.7. The van der Waals surface area contributed by atoms with Gasteiger partial charge in [-0.3, -0.25) is 9.59 Å². The Balaban J connectivity index is 1.57. The second kappa shape index (κ2) is 7.39. The predicted molar refractivity (Wildman–Crippen MR) is 116 cm³/mol. The number of carbonyl (C=O) groups excluding carboxylic acids is 2. The number of hydrogen-bond donors (Lipinski definition) is 0. The van der Waals surface area contributed by atoms with E-state index >= 15 is 0 Å². The summed E-state index contributed by atoms with van der Waals surface area (Å²) in [5, 5.41) is 0. The van der Waals surface area contributed by atoms with E-state index in [2.05, 4.69) is 24.3 Å². The van der Waals surface area contributed by atoms with Gasteiger partial charge in [0.2, 0.25) is 0 Å². The van der Waals surface area contributed by atoms with Gasteiger partial charge in [-0.2, -0.15) is 0 Å². The van der Waals surface area contributed by atoms with Crippen molar-refractivity contribution >= 4 is 11.9 Å². The number of ether oxygens (including phenoxy) is 2. The van der Waals surface area contributed by atoms with Crippen LogP contribution in [0.3, 0.4) is 0 Å². The number of benzene rings is 1. The zero-order chi connectivity index (χ0) is 21.8. The quantitative estimate of drug-likeness (QED) is 0.631. The molecule has 6 unspecified atom stereocenters. The molecule has 0 heterocycles. The van der Waals surface area contributed by atoms with E-state index in [1.807, 2.05) is 41.5 Å². The number of carbonyl (C=O) groups is 2. The standard InChI is InChI=1S/C26H36O4/c1-25(2,3)13-20(27)29-23-18-12-19(24(23)30-21(28)14-26(4,5)6)22-16-10-8-7-9-15(16)11-17(18)22/h7-10,17-19,22-24H,11-14H2,1-6H3. The molecular formula is C26H36O4. The van der Waals surface area contributed by atoms with Gasteiger partial charge in [-0.15, -0.1) is 0 Å². The molecule has 1 aromatic carbocycles. The van der Waals surface area contributed by atoms with Gasteiger partial charge in [0.15, 0.2) is 0 Å². The van der Waals surface area contributed by atoms with Crippen LogP contribution < -0.4 is 0 Å². The van der Waals surface area contributed by atoms with Crippen molar-refractivity contribution < 1.29 is 19.1 Å². The first-order valence-electron chi connectivity index (χ1n) is 11.4. The highest BCUT2D eigenvalue weighted by Crippen LogP contribution is 2.62. The molecule has 3 aliphatic carbocycles. The average Bonchev–Trinajstić information content (AvgIpc) is 3.21. The van der Waals surface area contributed by atoms with Crippen LogP contribution in [0.5, 0.6) is 0 Å². The number of rotatable bonds is 4. The molecule has 0 N–H and O–H groups in total. The number of esters is 2. The largest absolute Gasteiger partial charge is 0.458 e. The molecule has 2 saturated carbocycles. The van der Waals surface area contributed by atoms with Gasteiger partial charge in [0.1, 0.15) is 12.2 Å². The van der Waals surface area contributed by atoms with Crippen molar-refractivity contribution in [3.63, 3.8) is 0 Å². The lowest BCUT2D eigenvalue weighted by molar-refractivity contribution is -0.178. The summed E-state index contributed by atoms with van der Waals surface area (Å²) in [6.07, 6.45) is 2.11. The van der Waals surface area contributed by atoms with Crippen LogP contribution in [0.15, 0.2) is 24.3 Å². The topological polar surface area (TPSA) is 52.6 Å². The highest BCUT2D eigenvalue weighted by Gasteiger charge is 2.63. The van der Waals surface area contributed by atoms with Crippen molar-refractivity contribution in [2.24, 2.45) is 28.6 Å². The lowest BCUT2D eigenvalue weighted by Gasteiger charge is -2.38. The summed E-state index contributed by atoms with van der Waals surface area (Å²) in [5.41, 5.74) is 2.56. The zero-order valence-electron chi connectivity index (χ0n) is 19.2. The van der Waals surface area contributed by atoms with Crippen LogP contribution in [0.2, 0.25) is 0 Å². The van der Waals surface area contributed by atoms with Crippen molar-refractivity contribution in [1.29, 1.82) is 0 Å². The molecule has 2 bridgehead atoms. The molecule has 3 aliphatic rings. The maximum absolute atomic E-state index is 12.7. The Bertz CT molecular complexity index is 828. The molecule has 2 fully saturated rings. The lowest BCUT2D eigenvalue weighted by atomic mass is 9.76. The molecular weight excluding hydrogens is 376 g/mol. The van der Waals surface area contributed by atoms with Gasteiger partial charge in [-0.05, 0) is 46.6 Å². The molecule has 164 valence electrons. The fourth-order valence-electron chi connectivity index (χ4n) is 6.02. The maximum Gasteiger partial charge on any atom is 0.306 e.